The molecule has 1 aliphatic rings. The zero-order valence-electron chi connectivity index (χ0n) is 13.1. The van der Waals surface area contributed by atoms with Gasteiger partial charge in [-0.3, -0.25) is 4.79 Å². The third kappa shape index (κ3) is 3.48. The van der Waals surface area contributed by atoms with Gasteiger partial charge in [0.2, 0.25) is 0 Å². The van der Waals surface area contributed by atoms with E-state index in [4.69, 9.17) is 0 Å². The largest absolute Gasteiger partial charge is 0.310 e. The summed E-state index contributed by atoms with van der Waals surface area (Å²) < 4.78 is 0. The molecule has 3 unspecified atom stereocenters. The average Bonchev–Trinajstić information content (AvgIpc) is 2.53. The van der Waals surface area contributed by atoms with Gasteiger partial charge in [-0.05, 0) is 39.5 Å². The number of nitrogens with zero attached hydrogens (tertiary/aromatic N) is 1. The van der Waals surface area contributed by atoms with E-state index in [0.717, 1.165) is 11.3 Å². The van der Waals surface area contributed by atoms with E-state index in [1.54, 1.807) is 0 Å². The highest BCUT2D eigenvalue weighted by molar-refractivity contribution is 5.20. The van der Waals surface area contributed by atoms with E-state index in [0.29, 0.717) is 17.8 Å². The monoisotopic (exact) mass is 277 g/mol. The summed E-state index contributed by atoms with van der Waals surface area (Å²) in [5.41, 5.74) is 1.62. The maximum Gasteiger partial charge on any atom is 0.255 e. The van der Waals surface area contributed by atoms with Crippen molar-refractivity contribution in [1.29, 1.82) is 0 Å². The summed E-state index contributed by atoms with van der Waals surface area (Å²) in [6.45, 7) is 8.14. The molecule has 0 aliphatic heterocycles. The fourth-order valence-electron chi connectivity index (χ4n) is 3.39. The van der Waals surface area contributed by atoms with Crippen LogP contribution >= 0.6 is 0 Å². The van der Waals surface area contributed by atoms with Crippen molar-refractivity contribution in [3.05, 3.63) is 27.4 Å². The van der Waals surface area contributed by atoms with Gasteiger partial charge in [-0.2, -0.15) is 0 Å². The van der Waals surface area contributed by atoms with Crippen LogP contribution in [0.15, 0.2) is 4.79 Å². The van der Waals surface area contributed by atoms with Crippen molar-refractivity contribution in [3.63, 3.8) is 0 Å². The zero-order chi connectivity index (χ0) is 14.7. The van der Waals surface area contributed by atoms with Gasteiger partial charge in [0.1, 0.15) is 5.82 Å². The Morgan fingerprint density at radius 1 is 1.25 bits per heavy atom. The molecule has 3 atom stereocenters. The van der Waals surface area contributed by atoms with Crippen molar-refractivity contribution < 1.29 is 0 Å². The lowest BCUT2D eigenvalue weighted by molar-refractivity contribution is 0.328. The Labute approximate surface area is 121 Å². The summed E-state index contributed by atoms with van der Waals surface area (Å²) in [7, 11) is 0. The van der Waals surface area contributed by atoms with Crippen LogP contribution in [0.2, 0.25) is 0 Å². The molecule has 0 bridgehead atoms. The van der Waals surface area contributed by atoms with Crippen LogP contribution in [0.3, 0.4) is 0 Å². The van der Waals surface area contributed by atoms with Crippen LogP contribution in [-0.4, -0.2) is 16.0 Å². The van der Waals surface area contributed by atoms with Crippen LogP contribution in [0.4, 0.5) is 0 Å². The summed E-state index contributed by atoms with van der Waals surface area (Å²) in [4.78, 5) is 19.4. The molecular weight excluding hydrogens is 250 g/mol. The van der Waals surface area contributed by atoms with E-state index in [9.17, 15) is 4.79 Å². The van der Waals surface area contributed by atoms with Crippen molar-refractivity contribution in [2.75, 3.05) is 0 Å². The summed E-state index contributed by atoms with van der Waals surface area (Å²) in [6.07, 6.45) is 6.45. The quantitative estimate of drug-likeness (QED) is 0.835. The number of nitrogens with one attached hydrogen (secondary N) is 2. The Balaban J connectivity index is 2.15. The van der Waals surface area contributed by atoms with Gasteiger partial charge >= 0.3 is 0 Å². The molecular formula is C16H27N3O. The topological polar surface area (TPSA) is 57.8 Å². The lowest BCUT2D eigenvalue weighted by Gasteiger charge is -2.27. The maximum atomic E-state index is 12.2. The van der Waals surface area contributed by atoms with Crippen molar-refractivity contribution in [2.45, 2.75) is 71.9 Å². The normalized spacial score (nSPS) is 25.2. The molecule has 20 heavy (non-hydrogen) atoms. The van der Waals surface area contributed by atoms with E-state index in [1.165, 1.54) is 32.1 Å². The van der Waals surface area contributed by atoms with E-state index in [1.807, 2.05) is 13.8 Å². The molecule has 1 aliphatic carbocycles. The third-order valence-electron chi connectivity index (χ3n) is 4.52. The summed E-state index contributed by atoms with van der Waals surface area (Å²) in [6, 6.07) is 0.560. The van der Waals surface area contributed by atoms with E-state index < -0.39 is 0 Å². The Bertz CT molecular complexity index is 509. The molecule has 0 amide bonds. The number of aryl methyl sites for hydroxylation is 2. The first-order valence-corrected chi connectivity index (χ1v) is 7.82. The predicted molar refractivity (Wildman–Crippen MR) is 81.9 cm³/mol. The van der Waals surface area contributed by atoms with Crippen molar-refractivity contribution in [2.24, 2.45) is 5.92 Å². The highest BCUT2D eigenvalue weighted by atomic mass is 16.1. The molecule has 2 rings (SSSR count). The van der Waals surface area contributed by atoms with Crippen LogP contribution in [0, 0.1) is 19.8 Å². The lowest BCUT2D eigenvalue weighted by Crippen LogP contribution is -2.38. The zero-order valence-corrected chi connectivity index (χ0v) is 13.1. The second kappa shape index (κ2) is 6.53. The van der Waals surface area contributed by atoms with Gasteiger partial charge in [0.05, 0.1) is 5.56 Å². The average molecular weight is 277 g/mol. The smallest absolute Gasteiger partial charge is 0.255 e. The molecule has 112 valence electrons. The number of aromatic amines is 1. The highest BCUT2D eigenvalue weighted by Gasteiger charge is 2.23. The van der Waals surface area contributed by atoms with Crippen molar-refractivity contribution >= 4 is 0 Å². The lowest BCUT2D eigenvalue weighted by atomic mass is 9.95. The Kier molecular flexibility index (Phi) is 4.97. The molecule has 1 aromatic rings. The number of hydrogen-bond donors (Lipinski definition) is 2. The molecule has 4 heteroatoms. The fourth-order valence-corrected chi connectivity index (χ4v) is 3.39. The first kappa shape index (κ1) is 15.2. The van der Waals surface area contributed by atoms with Crippen LogP contribution in [-0.2, 0) is 0 Å². The molecule has 1 fully saturated rings. The van der Waals surface area contributed by atoms with Crippen LogP contribution in [0.5, 0.6) is 0 Å². The number of rotatable bonds is 3. The SMILES string of the molecule is Cc1nc(C)c(C(C)NC2CCCCCC2C)c(=O)[nH]1. The Morgan fingerprint density at radius 2 is 1.95 bits per heavy atom. The molecule has 4 nitrogen and oxygen atoms in total. The van der Waals surface area contributed by atoms with E-state index in [2.05, 4.69) is 29.1 Å². The van der Waals surface area contributed by atoms with Crippen molar-refractivity contribution in [1.82, 2.24) is 15.3 Å². The standard InChI is InChI=1S/C16H27N3O/c1-10-8-6-5-7-9-14(10)18-12(3)15-11(2)17-13(4)19-16(15)20/h10,12,14,18H,5-9H2,1-4H3,(H,17,19,20). The molecule has 0 saturated heterocycles. The first-order valence-electron chi connectivity index (χ1n) is 7.82. The van der Waals surface area contributed by atoms with Crippen LogP contribution in [0.1, 0.15) is 69.1 Å². The summed E-state index contributed by atoms with van der Waals surface area (Å²) in [5.74, 6) is 1.36. The molecule has 0 radical (unpaired) electrons. The fraction of sp³-hybridized carbons (Fsp3) is 0.750. The van der Waals surface area contributed by atoms with Gasteiger partial charge in [0.25, 0.3) is 5.56 Å². The first-order chi connectivity index (χ1) is 9.49. The second-order valence-corrected chi connectivity index (χ2v) is 6.26. The number of hydrogen-bond acceptors (Lipinski definition) is 3. The van der Waals surface area contributed by atoms with Crippen molar-refractivity contribution in [3.8, 4) is 0 Å². The van der Waals surface area contributed by atoms with Gasteiger partial charge in [-0.15, -0.1) is 0 Å². The highest BCUT2D eigenvalue weighted by Crippen LogP contribution is 2.25. The summed E-state index contributed by atoms with van der Waals surface area (Å²) >= 11 is 0. The Morgan fingerprint density at radius 3 is 2.65 bits per heavy atom. The third-order valence-corrected chi connectivity index (χ3v) is 4.52. The molecule has 2 N–H and O–H groups in total. The number of aromatic nitrogens is 2. The predicted octanol–water partition coefficient (Wildman–Crippen LogP) is 3.01. The molecule has 0 aromatic carbocycles. The van der Waals surface area contributed by atoms with Crippen LogP contribution < -0.4 is 10.9 Å². The molecule has 1 aromatic heterocycles. The molecule has 1 saturated carbocycles. The second-order valence-electron chi connectivity index (χ2n) is 6.26. The summed E-state index contributed by atoms with van der Waals surface area (Å²) in [5, 5.41) is 3.67. The van der Waals surface area contributed by atoms with Gasteiger partial charge in [-0.25, -0.2) is 4.98 Å². The minimum absolute atomic E-state index is 0.00345. The maximum absolute atomic E-state index is 12.2. The van der Waals surface area contributed by atoms with Gasteiger partial charge in [-0.1, -0.05) is 26.2 Å². The van der Waals surface area contributed by atoms with Crippen LogP contribution in [0.25, 0.3) is 0 Å². The van der Waals surface area contributed by atoms with Gasteiger partial charge in [0.15, 0.2) is 0 Å². The van der Waals surface area contributed by atoms with E-state index in [-0.39, 0.29) is 11.6 Å². The van der Waals surface area contributed by atoms with Gasteiger partial charge < -0.3 is 10.3 Å². The van der Waals surface area contributed by atoms with E-state index >= 15 is 0 Å². The molecule has 1 heterocycles. The minimum Gasteiger partial charge on any atom is -0.310 e. The molecule has 0 spiro atoms. The van der Waals surface area contributed by atoms with Gasteiger partial charge in [0, 0.05) is 17.8 Å². The number of H-pyrrole nitrogens is 1. The Hall–Kier alpha value is -1.16. The minimum atomic E-state index is -0.00345.